The van der Waals surface area contributed by atoms with Crippen molar-refractivity contribution in [2.45, 2.75) is 12.8 Å². The van der Waals surface area contributed by atoms with E-state index in [4.69, 9.17) is 4.74 Å². The number of nitrogens with one attached hydrogen (secondary N) is 2. The van der Waals surface area contributed by atoms with Crippen molar-refractivity contribution in [3.8, 4) is 0 Å². The van der Waals surface area contributed by atoms with Gasteiger partial charge in [-0.2, -0.15) is 0 Å². The first kappa shape index (κ1) is 17.3. The van der Waals surface area contributed by atoms with Crippen molar-refractivity contribution in [1.82, 2.24) is 10.6 Å². The highest BCUT2D eigenvalue weighted by atomic mass is 19.1. The smallest absolute Gasteiger partial charge is 0.220 e. The number of methoxy groups -OCH3 is 1. The Balaban J connectivity index is 2.15. The van der Waals surface area contributed by atoms with Crippen molar-refractivity contribution >= 4 is 11.7 Å². The summed E-state index contributed by atoms with van der Waals surface area (Å²) in [5.41, 5.74) is 0.422. The summed E-state index contributed by atoms with van der Waals surface area (Å²) >= 11 is 0. The monoisotopic (exact) mass is 296 g/mol. The fourth-order valence-corrected chi connectivity index (χ4v) is 1.69. The maximum absolute atomic E-state index is 12.7. The lowest BCUT2D eigenvalue weighted by Crippen LogP contribution is -2.33. The molecule has 1 aromatic carbocycles. The van der Waals surface area contributed by atoms with Gasteiger partial charge in [-0.3, -0.25) is 9.59 Å². The molecule has 0 aliphatic rings. The molecule has 0 spiro atoms. The number of ether oxygens (including phenoxy) is 1. The first-order valence-corrected chi connectivity index (χ1v) is 6.88. The van der Waals surface area contributed by atoms with Crippen LogP contribution < -0.4 is 10.6 Å². The van der Waals surface area contributed by atoms with Crippen LogP contribution in [-0.4, -0.2) is 45.0 Å². The van der Waals surface area contributed by atoms with Crippen molar-refractivity contribution in [2.24, 2.45) is 0 Å². The first-order chi connectivity index (χ1) is 10.1. The van der Waals surface area contributed by atoms with Crippen LogP contribution in [0.2, 0.25) is 0 Å². The molecule has 1 aromatic rings. The second kappa shape index (κ2) is 10.0. The molecule has 0 saturated carbocycles. The zero-order chi connectivity index (χ0) is 15.5. The molecular formula is C15H21FN2O3. The summed E-state index contributed by atoms with van der Waals surface area (Å²) in [4.78, 5) is 23.3. The highest BCUT2D eigenvalue weighted by Crippen LogP contribution is 2.07. The summed E-state index contributed by atoms with van der Waals surface area (Å²) < 4.78 is 17.6. The van der Waals surface area contributed by atoms with Gasteiger partial charge in [-0.25, -0.2) is 4.39 Å². The maximum atomic E-state index is 12.7. The quantitative estimate of drug-likeness (QED) is 0.502. The molecule has 0 saturated heterocycles. The van der Waals surface area contributed by atoms with Crippen LogP contribution in [0.1, 0.15) is 23.2 Å². The van der Waals surface area contributed by atoms with Gasteiger partial charge in [-0.05, 0) is 24.3 Å². The fourth-order valence-electron chi connectivity index (χ4n) is 1.69. The maximum Gasteiger partial charge on any atom is 0.220 e. The molecule has 0 unspecified atom stereocenters. The highest BCUT2D eigenvalue weighted by molar-refractivity contribution is 5.97. The average Bonchev–Trinajstić information content (AvgIpc) is 2.49. The zero-order valence-electron chi connectivity index (χ0n) is 12.2. The molecule has 5 nitrogen and oxygen atoms in total. The predicted molar refractivity (Wildman–Crippen MR) is 77.7 cm³/mol. The molecule has 0 radical (unpaired) electrons. The second-order valence-corrected chi connectivity index (χ2v) is 4.52. The van der Waals surface area contributed by atoms with Crippen LogP contribution in [-0.2, 0) is 9.53 Å². The average molecular weight is 296 g/mol. The third-order valence-electron chi connectivity index (χ3n) is 2.85. The Kier molecular flexibility index (Phi) is 8.23. The van der Waals surface area contributed by atoms with Gasteiger partial charge in [0.15, 0.2) is 5.78 Å². The molecule has 0 bridgehead atoms. The number of hydrogen-bond donors (Lipinski definition) is 2. The van der Waals surface area contributed by atoms with Gasteiger partial charge >= 0.3 is 0 Å². The lowest BCUT2D eigenvalue weighted by Gasteiger charge is -2.06. The molecule has 2 N–H and O–H groups in total. The molecule has 0 aromatic heterocycles. The van der Waals surface area contributed by atoms with E-state index < -0.39 is 0 Å². The van der Waals surface area contributed by atoms with Crippen molar-refractivity contribution in [3.05, 3.63) is 35.6 Å². The summed E-state index contributed by atoms with van der Waals surface area (Å²) in [6, 6.07) is 5.32. The largest absolute Gasteiger partial charge is 0.383 e. The van der Waals surface area contributed by atoms with Crippen LogP contribution in [0.15, 0.2) is 24.3 Å². The van der Waals surface area contributed by atoms with Gasteiger partial charge in [0, 0.05) is 45.1 Å². The van der Waals surface area contributed by atoms with Crippen LogP contribution in [0.25, 0.3) is 0 Å². The van der Waals surface area contributed by atoms with Gasteiger partial charge in [0.05, 0.1) is 6.61 Å². The molecule has 1 rings (SSSR count). The fraction of sp³-hybridized carbons (Fsp3) is 0.467. The molecule has 116 valence electrons. The van der Waals surface area contributed by atoms with Crippen molar-refractivity contribution in [2.75, 3.05) is 33.4 Å². The number of benzene rings is 1. The van der Waals surface area contributed by atoms with E-state index in [0.717, 1.165) is 6.54 Å². The topological polar surface area (TPSA) is 67.4 Å². The standard InChI is InChI=1S/C15H21FN2O3/c1-21-11-10-17-8-9-18-15(20)7-6-14(19)12-2-4-13(16)5-3-12/h2-5,17H,6-11H2,1H3,(H,18,20). The molecule has 6 heteroatoms. The Hall–Kier alpha value is -1.79. The van der Waals surface area contributed by atoms with Crippen molar-refractivity contribution in [3.63, 3.8) is 0 Å². The van der Waals surface area contributed by atoms with E-state index in [-0.39, 0.29) is 30.3 Å². The number of amides is 1. The van der Waals surface area contributed by atoms with Crippen molar-refractivity contribution < 1.29 is 18.7 Å². The Morgan fingerprint density at radius 1 is 1.10 bits per heavy atom. The Bertz CT molecular complexity index is 449. The molecule has 1 amide bonds. The summed E-state index contributed by atoms with van der Waals surface area (Å²) in [6.07, 6.45) is 0.253. The Morgan fingerprint density at radius 2 is 1.81 bits per heavy atom. The van der Waals surface area contributed by atoms with E-state index in [1.165, 1.54) is 24.3 Å². The van der Waals surface area contributed by atoms with E-state index in [1.807, 2.05) is 0 Å². The van der Waals surface area contributed by atoms with Crippen LogP contribution in [0.3, 0.4) is 0 Å². The lowest BCUT2D eigenvalue weighted by molar-refractivity contribution is -0.121. The van der Waals surface area contributed by atoms with Crippen molar-refractivity contribution in [1.29, 1.82) is 0 Å². The third kappa shape index (κ3) is 7.53. The van der Waals surface area contributed by atoms with Gasteiger partial charge in [0.25, 0.3) is 0 Å². The van der Waals surface area contributed by atoms with E-state index in [1.54, 1.807) is 7.11 Å². The van der Waals surface area contributed by atoms with Gasteiger partial charge in [0.2, 0.25) is 5.91 Å². The predicted octanol–water partition coefficient (Wildman–Crippen LogP) is 1.14. The molecule has 0 atom stereocenters. The number of hydrogen-bond acceptors (Lipinski definition) is 4. The number of rotatable bonds is 10. The SMILES string of the molecule is COCCNCCNC(=O)CCC(=O)c1ccc(F)cc1. The molecule has 21 heavy (non-hydrogen) atoms. The van der Waals surface area contributed by atoms with E-state index in [2.05, 4.69) is 10.6 Å². The van der Waals surface area contributed by atoms with Crippen LogP contribution in [0.4, 0.5) is 4.39 Å². The highest BCUT2D eigenvalue weighted by Gasteiger charge is 2.09. The van der Waals surface area contributed by atoms with Crippen LogP contribution in [0, 0.1) is 5.82 Å². The lowest BCUT2D eigenvalue weighted by atomic mass is 10.1. The summed E-state index contributed by atoms with van der Waals surface area (Å²) in [5.74, 6) is -0.715. The summed E-state index contributed by atoms with van der Waals surface area (Å²) in [5, 5.41) is 5.82. The first-order valence-electron chi connectivity index (χ1n) is 6.88. The number of Topliss-reactive ketones (excluding diaryl/α,β-unsaturated/α-hetero) is 1. The molecule has 0 aliphatic heterocycles. The third-order valence-corrected chi connectivity index (χ3v) is 2.85. The molecule has 0 heterocycles. The van der Waals surface area contributed by atoms with Crippen LogP contribution >= 0.6 is 0 Å². The number of carbonyl (C=O) groups excluding carboxylic acids is 2. The van der Waals surface area contributed by atoms with E-state index in [9.17, 15) is 14.0 Å². The Morgan fingerprint density at radius 3 is 2.48 bits per heavy atom. The van der Waals surface area contributed by atoms with Gasteiger partial charge in [-0.15, -0.1) is 0 Å². The molecule has 0 fully saturated rings. The summed E-state index contributed by atoms with van der Waals surface area (Å²) in [6.45, 7) is 2.52. The number of halogens is 1. The number of carbonyl (C=O) groups is 2. The Labute approximate surface area is 123 Å². The van der Waals surface area contributed by atoms with Gasteiger partial charge < -0.3 is 15.4 Å². The van der Waals surface area contributed by atoms with E-state index in [0.29, 0.717) is 25.3 Å². The minimum Gasteiger partial charge on any atom is -0.383 e. The minimum atomic E-state index is -0.384. The van der Waals surface area contributed by atoms with Gasteiger partial charge in [-0.1, -0.05) is 0 Å². The molecule has 0 aliphatic carbocycles. The molecular weight excluding hydrogens is 275 g/mol. The van der Waals surface area contributed by atoms with Crippen LogP contribution in [0.5, 0.6) is 0 Å². The summed E-state index contributed by atoms with van der Waals surface area (Å²) in [7, 11) is 1.63. The van der Waals surface area contributed by atoms with E-state index >= 15 is 0 Å². The van der Waals surface area contributed by atoms with Gasteiger partial charge in [0.1, 0.15) is 5.82 Å². The number of ketones is 1. The minimum absolute atomic E-state index is 0.120. The second-order valence-electron chi connectivity index (χ2n) is 4.52. The normalized spacial score (nSPS) is 10.4. The zero-order valence-corrected chi connectivity index (χ0v) is 12.2.